The number of hydrogen-bond donors (Lipinski definition) is 4. The molecule has 0 spiro atoms. The molecule has 0 aliphatic heterocycles. The van der Waals surface area contributed by atoms with Crippen molar-refractivity contribution in [3.8, 4) is 11.5 Å². The number of benzene rings is 1. The fraction of sp³-hybridized carbons (Fsp3) is 0.571. The molecule has 0 heterocycles. The quantitative estimate of drug-likeness (QED) is 0.227. The second kappa shape index (κ2) is 14.2. The first-order valence-corrected chi connectivity index (χ1v) is 9.72. The monoisotopic (exact) mass is 363 g/mol. The maximum atomic E-state index is 11.7. The summed E-state index contributed by atoms with van der Waals surface area (Å²) in [5, 5.41) is 30.2. The Bertz CT molecular complexity index is 543. The first-order chi connectivity index (χ1) is 12.6. The molecule has 5 nitrogen and oxygen atoms in total. The summed E-state index contributed by atoms with van der Waals surface area (Å²) < 4.78 is 0. The number of nitrogens with one attached hydrogen (secondary N) is 1. The van der Waals surface area contributed by atoms with Crippen LogP contribution in [0.3, 0.4) is 0 Å². The van der Waals surface area contributed by atoms with Gasteiger partial charge >= 0.3 is 0 Å². The lowest BCUT2D eigenvalue weighted by molar-refractivity contribution is -0.116. The lowest BCUT2D eigenvalue weighted by atomic mass is 10.1. The largest absolute Gasteiger partial charge is 0.504 e. The third-order valence-corrected chi connectivity index (χ3v) is 4.31. The van der Waals surface area contributed by atoms with Crippen molar-refractivity contribution in [3.05, 3.63) is 29.8 Å². The number of unbranched alkanes of at least 4 members (excludes halogenated alkanes) is 9. The van der Waals surface area contributed by atoms with E-state index in [1.807, 2.05) is 0 Å². The van der Waals surface area contributed by atoms with Crippen molar-refractivity contribution in [2.75, 3.05) is 13.2 Å². The number of carbonyl (C=O) groups is 1. The summed E-state index contributed by atoms with van der Waals surface area (Å²) in [5.41, 5.74) is 0.659. The van der Waals surface area contributed by atoms with Gasteiger partial charge in [0.25, 0.3) is 0 Å². The van der Waals surface area contributed by atoms with Gasteiger partial charge in [-0.05, 0) is 36.6 Å². The number of rotatable bonds is 14. The third-order valence-electron chi connectivity index (χ3n) is 4.31. The fourth-order valence-electron chi connectivity index (χ4n) is 2.74. The number of aliphatic hydroxyl groups excluding tert-OH is 1. The molecule has 0 bridgehead atoms. The van der Waals surface area contributed by atoms with Crippen molar-refractivity contribution in [1.82, 2.24) is 5.32 Å². The minimum atomic E-state index is -0.197. The van der Waals surface area contributed by atoms with E-state index < -0.39 is 0 Å². The maximum absolute atomic E-state index is 11.7. The van der Waals surface area contributed by atoms with E-state index in [-0.39, 0.29) is 17.4 Å². The highest BCUT2D eigenvalue weighted by Gasteiger charge is 1.99. The van der Waals surface area contributed by atoms with Gasteiger partial charge in [0, 0.05) is 19.2 Å². The predicted octanol–water partition coefficient (Wildman–Crippen LogP) is 4.12. The van der Waals surface area contributed by atoms with Gasteiger partial charge in [-0.1, -0.05) is 57.4 Å². The molecular weight excluding hydrogens is 330 g/mol. The third kappa shape index (κ3) is 10.8. The summed E-state index contributed by atoms with van der Waals surface area (Å²) in [6.07, 6.45) is 14.7. The summed E-state index contributed by atoms with van der Waals surface area (Å²) in [6.45, 7) is 0.984. The van der Waals surface area contributed by atoms with Gasteiger partial charge in [0.15, 0.2) is 11.5 Å². The highest BCUT2D eigenvalue weighted by atomic mass is 16.3. The highest BCUT2D eigenvalue weighted by molar-refractivity contribution is 5.91. The molecule has 0 aliphatic rings. The molecule has 0 saturated heterocycles. The minimum absolute atomic E-state index is 0.152. The van der Waals surface area contributed by atoms with Crippen molar-refractivity contribution in [2.45, 2.75) is 64.2 Å². The van der Waals surface area contributed by atoms with Crippen molar-refractivity contribution >= 4 is 12.0 Å². The number of hydrogen-bond acceptors (Lipinski definition) is 4. The van der Waals surface area contributed by atoms with E-state index in [1.165, 1.54) is 56.7 Å². The predicted molar refractivity (Wildman–Crippen MR) is 105 cm³/mol. The molecule has 1 aromatic rings. The Balaban J connectivity index is 1.98. The Labute approximate surface area is 156 Å². The van der Waals surface area contributed by atoms with E-state index in [9.17, 15) is 15.0 Å². The van der Waals surface area contributed by atoms with Crippen molar-refractivity contribution in [1.29, 1.82) is 0 Å². The summed E-state index contributed by atoms with van der Waals surface area (Å²) in [6, 6.07) is 4.43. The maximum Gasteiger partial charge on any atom is 0.243 e. The average Bonchev–Trinajstić information content (AvgIpc) is 2.63. The highest BCUT2D eigenvalue weighted by Crippen LogP contribution is 2.25. The molecule has 0 aromatic heterocycles. The van der Waals surface area contributed by atoms with Crippen LogP contribution in [0.1, 0.15) is 69.8 Å². The molecule has 0 aliphatic carbocycles. The molecule has 0 radical (unpaired) electrons. The number of aliphatic hydroxyl groups is 1. The van der Waals surface area contributed by atoms with E-state index in [2.05, 4.69) is 5.32 Å². The van der Waals surface area contributed by atoms with Crippen LogP contribution in [0.15, 0.2) is 24.3 Å². The number of aromatic hydroxyl groups is 2. The zero-order valence-corrected chi connectivity index (χ0v) is 15.6. The Kier molecular flexibility index (Phi) is 12.0. The van der Waals surface area contributed by atoms with E-state index in [1.54, 1.807) is 12.1 Å². The molecule has 0 unspecified atom stereocenters. The Morgan fingerprint density at radius 2 is 1.42 bits per heavy atom. The lowest BCUT2D eigenvalue weighted by Crippen LogP contribution is -2.21. The van der Waals surface area contributed by atoms with Crippen molar-refractivity contribution in [3.63, 3.8) is 0 Å². The molecule has 1 rings (SSSR count). The minimum Gasteiger partial charge on any atom is -0.504 e. The van der Waals surface area contributed by atoms with Crippen LogP contribution < -0.4 is 5.32 Å². The van der Waals surface area contributed by atoms with Gasteiger partial charge in [-0.2, -0.15) is 0 Å². The molecule has 1 amide bonds. The molecule has 1 aromatic carbocycles. The van der Waals surface area contributed by atoms with Gasteiger partial charge in [-0.25, -0.2) is 0 Å². The van der Waals surface area contributed by atoms with Crippen LogP contribution in [0.2, 0.25) is 0 Å². The van der Waals surface area contributed by atoms with Crippen LogP contribution in [0, 0.1) is 0 Å². The summed E-state index contributed by atoms with van der Waals surface area (Å²) in [5.74, 6) is -0.522. The number of phenols is 2. The van der Waals surface area contributed by atoms with Crippen molar-refractivity contribution in [2.24, 2.45) is 0 Å². The lowest BCUT2D eigenvalue weighted by Gasteiger charge is -2.04. The van der Waals surface area contributed by atoms with Crippen LogP contribution in [-0.4, -0.2) is 34.4 Å². The van der Waals surface area contributed by atoms with Crippen molar-refractivity contribution < 1.29 is 20.1 Å². The number of carbonyl (C=O) groups excluding carboxylic acids is 1. The topological polar surface area (TPSA) is 89.8 Å². The van der Waals surface area contributed by atoms with Crippen LogP contribution in [0.25, 0.3) is 6.08 Å². The van der Waals surface area contributed by atoms with Gasteiger partial charge in [0.2, 0.25) is 5.91 Å². The number of amides is 1. The van der Waals surface area contributed by atoms with Crippen LogP contribution >= 0.6 is 0 Å². The standard InChI is InChI=1S/C21H33NO4/c23-16-10-8-6-4-2-1-3-5-7-9-15-22-21(26)14-12-18-11-13-19(24)20(25)17-18/h11-14,17,23-25H,1-10,15-16H2,(H,22,26). The molecule has 4 N–H and O–H groups in total. The molecule has 0 atom stereocenters. The zero-order valence-electron chi connectivity index (χ0n) is 15.6. The average molecular weight is 363 g/mol. The fourth-order valence-corrected chi connectivity index (χ4v) is 2.74. The van der Waals surface area contributed by atoms with Gasteiger partial charge in [0.05, 0.1) is 0 Å². The van der Waals surface area contributed by atoms with Crippen LogP contribution in [0.4, 0.5) is 0 Å². The summed E-state index contributed by atoms with van der Waals surface area (Å²) >= 11 is 0. The molecule has 26 heavy (non-hydrogen) atoms. The summed E-state index contributed by atoms with van der Waals surface area (Å²) in [4.78, 5) is 11.7. The zero-order chi connectivity index (χ0) is 19.0. The van der Waals surface area contributed by atoms with Gasteiger partial charge in [0.1, 0.15) is 0 Å². The van der Waals surface area contributed by atoms with E-state index in [0.29, 0.717) is 18.7 Å². The van der Waals surface area contributed by atoms with Gasteiger partial charge in [-0.15, -0.1) is 0 Å². The van der Waals surface area contributed by atoms with E-state index in [4.69, 9.17) is 5.11 Å². The second-order valence-electron chi connectivity index (χ2n) is 6.63. The first-order valence-electron chi connectivity index (χ1n) is 9.72. The van der Waals surface area contributed by atoms with Gasteiger partial charge < -0.3 is 20.6 Å². The molecule has 0 saturated carbocycles. The number of phenolic OH excluding ortho intramolecular Hbond substituents is 2. The molecule has 5 heteroatoms. The summed E-state index contributed by atoms with van der Waals surface area (Å²) in [7, 11) is 0. The molecular formula is C21H33NO4. The van der Waals surface area contributed by atoms with E-state index in [0.717, 1.165) is 25.7 Å². The van der Waals surface area contributed by atoms with Gasteiger partial charge in [-0.3, -0.25) is 4.79 Å². The van der Waals surface area contributed by atoms with Crippen LogP contribution in [0.5, 0.6) is 11.5 Å². The molecule has 146 valence electrons. The first kappa shape index (κ1) is 22.0. The Morgan fingerprint density at radius 3 is 2.00 bits per heavy atom. The second-order valence-corrected chi connectivity index (χ2v) is 6.63. The molecule has 0 fully saturated rings. The van der Waals surface area contributed by atoms with E-state index >= 15 is 0 Å². The van der Waals surface area contributed by atoms with Crippen LogP contribution in [-0.2, 0) is 4.79 Å². The Hall–Kier alpha value is -2.01. The normalized spacial score (nSPS) is 11.1. The smallest absolute Gasteiger partial charge is 0.243 e. The Morgan fingerprint density at radius 1 is 0.846 bits per heavy atom. The SMILES string of the molecule is O=C(C=Cc1ccc(O)c(O)c1)NCCCCCCCCCCCCO.